The van der Waals surface area contributed by atoms with Crippen LogP contribution in [-0.4, -0.2) is 33.9 Å². The van der Waals surface area contributed by atoms with Gasteiger partial charge < -0.3 is 25.2 Å². The number of aliphatic carboxylic acids is 2. The highest BCUT2D eigenvalue weighted by atomic mass is 35.5. The van der Waals surface area contributed by atoms with Gasteiger partial charge in [0.2, 0.25) is 0 Å². The predicted molar refractivity (Wildman–Crippen MR) is 98.8 cm³/mol. The van der Waals surface area contributed by atoms with E-state index in [9.17, 15) is 14.0 Å². The molecule has 2 rings (SSSR count). The number of benzene rings is 1. The van der Waals surface area contributed by atoms with Crippen molar-refractivity contribution in [1.82, 2.24) is 5.16 Å². The summed E-state index contributed by atoms with van der Waals surface area (Å²) in [5.74, 6) is -2.37. The number of nitriles is 1. The van der Waals surface area contributed by atoms with Crippen LogP contribution in [0.5, 0.6) is 5.75 Å². The summed E-state index contributed by atoms with van der Waals surface area (Å²) in [6, 6.07) is 5.89. The summed E-state index contributed by atoms with van der Waals surface area (Å²) in [5.41, 5.74) is 6.17. The number of nitrogens with zero attached hydrogens (tertiary/aromatic N) is 2. The Hall–Kier alpha value is -3.42. The standard InChI is InChI=1S/C14H13ClFN3O2.C4H4O4/c1-8-4-12(19-21-8)13(2-3-17)20-14-6-10(15)11(16)5-9(14)7-18;5-3(6)1-2-4(7)8/h4-6,13H,2-3,17H2,1H3;1-2H,(H,5,6)(H,7,8)/t13-;/m1./s1. The molecule has 0 saturated heterocycles. The molecule has 0 spiro atoms. The number of carboxylic acid groups (broad SMARTS) is 2. The largest absolute Gasteiger partial charge is 0.482 e. The molecule has 0 saturated carbocycles. The highest BCUT2D eigenvalue weighted by Gasteiger charge is 2.20. The number of nitrogens with two attached hydrogens (primary N) is 1. The van der Waals surface area contributed by atoms with Crippen LogP contribution in [0.4, 0.5) is 4.39 Å². The predicted octanol–water partition coefficient (Wildman–Crippen LogP) is 2.83. The van der Waals surface area contributed by atoms with Gasteiger partial charge in [0.15, 0.2) is 0 Å². The van der Waals surface area contributed by atoms with E-state index < -0.39 is 23.9 Å². The van der Waals surface area contributed by atoms with Crippen molar-refractivity contribution in [3.05, 3.63) is 58.2 Å². The Labute approximate surface area is 169 Å². The third kappa shape index (κ3) is 8.00. The molecular formula is C18H17ClFN3O6. The highest BCUT2D eigenvalue weighted by Crippen LogP contribution is 2.31. The van der Waals surface area contributed by atoms with Gasteiger partial charge in [0, 0.05) is 30.7 Å². The van der Waals surface area contributed by atoms with Crippen molar-refractivity contribution in [3.63, 3.8) is 0 Å². The molecule has 0 aliphatic rings. The van der Waals surface area contributed by atoms with Crippen LogP contribution in [0.15, 0.2) is 34.9 Å². The minimum absolute atomic E-state index is 0.0548. The molecule has 0 aliphatic carbocycles. The van der Waals surface area contributed by atoms with Crippen LogP contribution in [0.3, 0.4) is 0 Å². The Morgan fingerprint density at radius 2 is 2.00 bits per heavy atom. The zero-order valence-electron chi connectivity index (χ0n) is 15.1. The SMILES string of the molecule is Cc1cc([C@@H](CCN)Oc2cc(Cl)c(F)cc2C#N)no1.O=C(O)C=CC(=O)O. The van der Waals surface area contributed by atoms with Gasteiger partial charge in [-0.15, -0.1) is 0 Å². The normalized spacial score (nSPS) is 11.3. The quantitative estimate of drug-likeness (QED) is 0.566. The van der Waals surface area contributed by atoms with E-state index in [0.717, 1.165) is 6.07 Å². The van der Waals surface area contributed by atoms with E-state index in [1.807, 2.05) is 6.07 Å². The summed E-state index contributed by atoms with van der Waals surface area (Å²) >= 11 is 5.73. The van der Waals surface area contributed by atoms with Gasteiger partial charge >= 0.3 is 11.9 Å². The number of hydrogen-bond donors (Lipinski definition) is 3. The summed E-state index contributed by atoms with van der Waals surface area (Å²) in [4.78, 5) is 19.1. The van der Waals surface area contributed by atoms with E-state index in [1.54, 1.807) is 13.0 Å². The fraction of sp³-hybridized carbons (Fsp3) is 0.222. The van der Waals surface area contributed by atoms with Crippen LogP contribution >= 0.6 is 11.6 Å². The first-order valence-electron chi connectivity index (χ1n) is 8.01. The van der Waals surface area contributed by atoms with Gasteiger partial charge in [0.05, 0.1) is 10.6 Å². The van der Waals surface area contributed by atoms with Gasteiger partial charge in [-0.2, -0.15) is 5.26 Å². The Balaban J connectivity index is 0.000000447. The molecule has 29 heavy (non-hydrogen) atoms. The zero-order chi connectivity index (χ0) is 22.0. The molecule has 4 N–H and O–H groups in total. The molecule has 0 unspecified atom stereocenters. The maximum Gasteiger partial charge on any atom is 0.328 e. The van der Waals surface area contributed by atoms with Crippen LogP contribution in [0.2, 0.25) is 5.02 Å². The lowest BCUT2D eigenvalue weighted by molar-refractivity contribution is -0.134. The van der Waals surface area contributed by atoms with Crippen molar-refractivity contribution in [2.75, 3.05) is 6.54 Å². The van der Waals surface area contributed by atoms with Gasteiger partial charge in [-0.05, 0) is 19.5 Å². The Morgan fingerprint density at radius 3 is 2.45 bits per heavy atom. The Kier molecular flexibility index (Phi) is 9.31. The number of hydrogen-bond acceptors (Lipinski definition) is 7. The smallest absolute Gasteiger partial charge is 0.328 e. The number of ether oxygens (including phenoxy) is 1. The lowest BCUT2D eigenvalue weighted by atomic mass is 10.1. The summed E-state index contributed by atoms with van der Waals surface area (Å²) < 4.78 is 24.1. The molecule has 2 aromatic rings. The van der Waals surface area contributed by atoms with Crippen LogP contribution in [0.1, 0.15) is 29.5 Å². The lowest BCUT2D eigenvalue weighted by Crippen LogP contribution is -2.14. The second kappa shape index (κ2) is 11.4. The topological polar surface area (TPSA) is 160 Å². The molecule has 1 atom stereocenters. The average Bonchev–Trinajstić information content (AvgIpc) is 3.09. The van der Waals surface area contributed by atoms with E-state index in [-0.39, 0.29) is 16.3 Å². The van der Waals surface area contributed by atoms with E-state index in [1.165, 1.54) is 6.07 Å². The molecule has 0 radical (unpaired) electrons. The molecule has 0 bridgehead atoms. The van der Waals surface area contributed by atoms with Crippen LogP contribution < -0.4 is 10.5 Å². The molecule has 11 heteroatoms. The summed E-state index contributed by atoms with van der Waals surface area (Å²) in [6.07, 6.45) is 1.08. The minimum Gasteiger partial charge on any atom is -0.482 e. The van der Waals surface area contributed by atoms with Crippen molar-refractivity contribution >= 4 is 23.5 Å². The third-order valence-electron chi connectivity index (χ3n) is 3.19. The van der Waals surface area contributed by atoms with E-state index in [2.05, 4.69) is 5.16 Å². The molecule has 1 aromatic carbocycles. The van der Waals surface area contributed by atoms with E-state index in [4.69, 9.17) is 42.1 Å². The molecule has 1 aromatic heterocycles. The first kappa shape index (κ1) is 23.6. The molecule has 0 aliphatic heterocycles. The fourth-order valence-electron chi connectivity index (χ4n) is 1.97. The minimum atomic E-state index is -1.26. The van der Waals surface area contributed by atoms with Gasteiger partial charge in [-0.1, -0.05) is 16.8 Å². The second-order valence-corrected chi connectivity index (χ2v) is 5.84. The fourth-order valence-corrected chi connectivity index (χ4v) is 2.12. The number of rotatable bonds is 7. The Morgan fingerprint density at radius 1 is 1.38 bits per heavy atom. The number of aryl methyl sites for hydroxylation is 1. The number of carbonyl (C=O) groups is 2. The van der Waals surface area contributed by atoms with Gasteiger partial charge in [-0.25, -0.2) is 14.0 Å². The second-order valence-electron chi connectivity index (χ2n) is 5.43. The average molecular weight is 426 g/mol. The van der Waals surface area contributed by atoms with Crippen molar-refractivity contribution < 1.29 is 33.5 Å². The number of halogens is 2. The monoisotopic (exact) mass is 425 g/mol. The van der Waals surface area contributed by atoms with E-state index in [0.29, 0.717) is 36.6 Å². The maximum atomic E-state index is 13.4. The van der Waals surface area contributed by atoms with Gasteiger partial charge in [0.1, 0.15) is 35.2 Å². The van der Waals surface area contributed by atoms with Crippen molar-refractivity contribution in [2.45, 2.75) is 19.4 Å². The summed E-state index contributed by atoms with van der Waals surface area (Å²) in [6.45, 7) is 2.11. The highest BCUT2D eigenvalue weighted by molar-refractivity contribution is 6.30. The first-order chi connectivity index (χ1) is 13.7. The molecule has 0 fully saturated rings. The van der Waals surface area contributed by atoms with Gasteiger partial charge in [-0.3, -0.25) is 0 Å². The summed E-state index contributed by atoms with van der Waals surface area (Å²) in [7, 11) is 0. The van der Waals surface area contributed by atoms with Crippen molar-refractivity contribution in [1.29, 1.82) is 5.26 Å². The molecule has 9 nitrogen and oxygen atoms in total. The van der Waals surface area contributed by atoms with Crippen LogP contribution in [0, 0.1) is 24.1 Å². The zero-order valence-corrected chi connectivity index (χ0v) is 15.9. The lowest BCUT2D eigenvalue weighted by Gasteiger charge is -2.17. The summed E-state index contributed by atoms with van der Waals surface area (Å²) in [5, 5.41) is 28.4. The first-order valence-corrected chi connectivity index (χ1v) is 8.38. The van der Waals surface area contributed by atoms with Crippen LogP contribution in [-0.2, 0) is 9.59 Å². The third-order valence-corrected chi connectivity index (χ3v) is 3.48. The molecule has 154 valence electrons. The Bertz CT molecular complexity index is 922. The van der Waals surface area contributed by atoms with E-state index >= 15 is 0 Å². The molecule has 1 heterocycles. The number of carboxylic acids is 2. The molecular weight excluding hydrogens is 409 g/mol. The number of aromatic nitrogens is 1. The molecule has 0 amide bonds. The van der Waals surface area contributed by atoms with Crippen molar-refractivity contribution in [3.8, 4) is 11.8 Å². The van der Waals surface area contributed by atoms with Crippen molar-refractivity contribution in [2.24, 2.45) is 5.73 Å². The van der Waals surface area contributed by atoms with Crippen LogP contribution in [0.25, 0.3) is 0 Å². The van der Waals surface area contributed by atoms with Gasteiger partial charge in [0.25, 0.3) is 0 Å². The maximum absolute atomic E-state index is 13.4.